The molecule has 3 N–H and O–H groups in total. The number of fused-ring (bicyclic) bond motifs is 1. The molecule has 0 radical (unpaired) electrons. The maximum absolute atomic E-state index is 12.7. The van der Waals surface area contributed by atoms with Crippen molar-refractivity contribution in [2.24, 2.45) is 0 Å². The van der Waals surface area contributed by atoms with Crippen molar-refractivity contribution in [3.63, 3.8) is 0 Å². The minimum Gasteiger partial charge on any atom is -0.507 e. The zero-order chi connectivity index (χ0) is 22.2. The van der Waals surface area contributed by atoms with Gasteiger partial charge in [0.15, 0.2) is 5.76 Å². The van der Waals surface area contributed by atoms with Crippen LogP contribution in [0.2, 0.25) is 0 Å². The largest absolute Gasteiger partial charge is 0.573 e. The first kappa shape index (κ1) is 21.1. The highest BCUT2D eigenvalue weighted by Gasteiger charge is 2.31. The van der Waals surface area contributed by atoms with E-state index in [0.29, 0.717) is 0 Å². The fraction of sp³-hybridized carbons (Fsp3) is 0.190. The lowest BCUT2D eigenvalue weighted by Gasteiger charge is -2.12. The summed E-state index contributed by atoms with van der Waals surface area (Å²) in [5, 5.41) is 30.3. The van der Waals surface area contributed by atoms with Gasteiger partial charge in [-0.15, -0.1) is 13.2 Å². The van der Waals surface area contributed by atoms with Crippen LogP contribution in [-0.2, 0) is 6.42 Å². The molecule has 3 rings (SSSR count). The number of hydrogen-bond acceptors (Lipinski definition) is 6. The van der Waals surface area contributed by atoms with Crippen LogP contribution in [0.1, 0.15) is 19.4 Å². The van der Waals surface area contributed by atoms with Crippen LogP contribution in [0.4, 0.5) is 13.2 Å². The molecule has 3 aromatic rings. The van der Waals surface area contributed by atoms with E-state index in [4.69, 9.17) is 4.42 Å². The van der Waals surface area contributed by atoms with Gasteiger partial charge in [0.1, 0.15) is 28.2 Å². The minimum absolute atomic E-state index is 0.0945. The van der Waals surface area contributed by atoms with Crippen LogP contribution in [0.15, 0.2) is 51.2 Å². The molecule has 0 atom stereocenters. The topological polar surface area (TPSA) is 100 Å². The molecular formula is C21H17F3O6. The number of allylic oxidation sites excluding steroid dienone is 2. The van der Waals surface area contributed by atoms with Gasteiger partial charge in [-0.3, -0.25) is 4.79 Å². The SMILES string of the molecule is CC(C)=CCc1c(O)cc(O)c2c(=O)c(O)c(-c3ccc(OC(F)(F)F)cc3)oc12. The second-order valence-corrected chi connectivity index (χ2v) is 6.76. The number of hydrogen-bond donors (Lipinski definition) is 3. The average Bonchev–Trinajstić information content (AvgIpc) is 2.63. The summed E-state index contributed by atoms with van der Waals surface area (Å²) in [6, 6.07) is 5.31. The summed E-state index contributed by atoms with van der Waals surface area (Å²) in [6.45, 7) is 3.66. The van der Waals surface area contributed by atoms with Crippen LogP contribution >= 0.6 is 0 Å². The van der Waals surface area contributed by atoms with Crippen molar-refractivity contribution in [2.75, 3.05) is 0 Å². The van der Waals surface area contributed by atoms with E-state index in [1.54, 1.807) is 6.08 Å². The molecule has 0 saturated carbocycles. The maximum Gasteiger partial charge on any atom is 0.573 e. The Balaban J connectivity index is 2.21. The normalized spacial score (nSPS) is 11.5. The van der Waals surface area contributed by atoms with Gasteiger partial charge in [0.2, 0.25) is 11.2 Å². The second-order valence-electron chi connectivity index (χ2n) is 6.76. The van der Waals surface area contributed by atoms with Crippen LogP contribution < -0.4 is 10.2 Å². The molecular weight excluding hydrogens is 405 g/mol. The van der Waals surface area contributed by atoms with Crippen molar-refractivity contribution in [2.45, 2.75) is 26.6 Å². The number of phenols is 2. The molecule has 30 heavy (non-hydrogen) atoms. The first-order chi connectivity index (χ1) is 14.0. The molecule has 0 unspecified atom stereocenters. The number of alkyl halides is 3. The summed E-state index contributed by atoms with van der Waals surface area (Å²) in [4.78, 5) is 12.7. The summed E-state index contributed by atoms with van der Waals surface area (Å²) in [5.74, 6) is -2.54. The summed E-state index contributed by atoms with van der Waals surface area (Å²) in [5.41, 5.74) is 0.143. The Morgan fingerprint density at radius 1 is 1.10 bits per heavy atom. The van der Waals surface area contributed by atoms with Crippen molar-refractivity contribution < 1.29 is 37.6 Å². The standard InChI is InChI=1S/C21H17F3O6/c1-10(2)3-8-13-14(25)9-15(26)16-17(27)18(28)19(29-20(13)16)11-4-6-12(7-5-11)30-21(22,23)24/h3-7,9,25-26,28H,8H2,1-2H3. The molecule has 0 aliphatic carbocycles. The second kappa shape index (κ2) is 7.66. The van der Waals surface area contributed by atoms with E-state index in [9.17, 15) is 33.3 Å². The molecule has 0 saturated heterocycles. The van der Waals surface area contributed by atoms with Crippen molar-refractivity contribution >= 4 is 11.0 Å². The fourth-order valence-electron chi connectivity index (χ4n) is 2.88. The van der Waals surface area contributed by atoms with Crippen molar-refractivity contribution in [3.8, 4) is 34.3 Å². The first-order valence-corrected chi connectivity index (χ1v) is 8.71. The number of benzene rings is 2. The molecule has 158 valence electrons. The lowest BCUT2D eigenvalue weighted by Crippen LogP contribution is -2.16. The molecule has 0 fully saturated rings. The highest BCUT2D eigenvalue weighted by molar-refractivity contribution is 5.91. The van der Waals surface area contributed by atoms with Gasteiger partial charge < -0.3 is 24.5 Å². The van der Waals surface area contributed by atoms with Crippen LogP contribution in [0.25, 0.3) is 22.3 Å². The molecule has 1 heterocycles. The third-order valence-electron chi connectivity index (χ3n) is 4.27. The summed E-state index contributed by atoms with van der Waals surface area (Å²) >= 11 is 0. The highest BCUT2D eigenvalue weighted by Crippen LogP contribution is 2.39. The smallest absolute Gasteiger partial charge is 0.507 e. The van der Waals surface area contributed by atoms with Crippen LogP contribution in [-0.4, -0.2) is 21.7 Å². The van der Waals surface area contributed by atoms with Gasteiger partial charge in [0.25, 0.3) is 0 Å². The Kier molecular flexibility index (Phi) is 5.39. The Morgan fingerprint density at radius 2 is 1.73 bits per heavy atom. The average molecular weight is 422 g/mol. The Labute approximate surface area is 168 Å². The van der Waals surface area contributed by atoms with E-state index in [2.05, 4.69) is 4.74 Å². The van der Waals surface area contributed by atoms with Crippen molar-refractivity contribution in [3.05, 3.63) is 57.8 Å². The Morgan fingerprint density at radius 3 is 2.30 bits per heavy atom. The quantitative estimate of drug-likeness (QED) is 0.513. The predicted molar refractivity (Wildman–Crippen MR) is 103 cm³/mol. The van der Waals surface area contributed by atoms with Gasteiger partial charge in [-0.05, 0) is 44.5 Å². The first-order valence-electron chi connectivity index (χ1n) is 8.71. The lowest BCUT2D eigenvalue weighted by atomic mass is 10.0. The molecule has 0 spiro atoms. The molecule has 0 amide bonds. The van der Waals surface area contributed by atoms with E-state index in [1.165, 1.54) is 12.1 Å². The third kappa shape index (κ3) is 4.19. The van der Waals surface area contributed by atoms with Gasteiger partial charge in [0, 0.05) is 17.2 Å². The van der Waals surface area contributed by atoms with Crippen LogP contribution in [0.3, 0.4) is 0 Å². The summed E-state index contributed by atoms with van der Waals surface area (Å²) in [7, 11) is 0. The van der Waals surface area contributed by atoms with Crippen molar-refractivity contribution in [1.29, 1.82) is 0 Å². The molecule has 0 aliphatic rings. The molecule has 0 aliphatic heterocycles. The van der Waals surface area contributed by atoms with Gasteiger partial charge in [-0.1, -0.05) is 11.6 Å². The van der Waals surface area contributed by atoms with Gasteiger partial charge in [-0.2, -0.15) is 0 Å². The van der Waals surface area contributed by atoms with Gasteiger partial charge >= 0.3 is 6.36 Å². The van der Waals surface area contributed by atoms with Crippen LogP contribution in [0, 0.1) is 0 Å². The minimum atomic E-state index is -4.87. The summed E-state index contributed by atoms with van der Waals surface area (Å²) < 4.78 is 46.5. The molecule has 0 bridgehead atoms. The van der Waals surface area contributed by atoms with Gasteiger partial charge in [-0.25, -0.2) is 0 Å². The number of rotatable bonds is 4. The van der Waals surface area contributed by atoms with Crippen molar-refractivity contribution in [1.82, 2.24) is 0 Å². The molecule has 9 heteroatoms. The molecule has 6 nitrogen and oxygen atoms in total. The van der Waals surface area contributed by atoms with E-state index in [1.807, 2.05) is 13.8 Å². The monoisotopic (exact) mass is 422 g/mol. The highest BCUT2D eigenvalue weighted by atomic mass is 19.4. The maximum atomic E-state index is 12.7. The van der Waals surface area contributed by atoms with Crippen LogP contribution in [0.5, 0.6) is 23.0 Å². The zero-order valence-corrected chi connectivity index (χ0v) is 15.9. The Bertz CT molecular complexity index is 1190. The summed E-state index contributed by atoms with van der Waals surface area (Å²) in [6.07, 6.45) is -2.92. The lowest BCUT2D eigenvalue weighted by molar-refractivity contribution is -0.274. The van der Waals surface area contributed by atoms with E-state index in [0.717, 1.165) is 23.8 Å². The van der Waals surface area contributed by atoms with E-state index in [-0.39, 0.29) is 40.0 Å². The fourth-order valence-corrected chi connectivity index (χ4v) is 2.88. The number of ether oxygens (including phenoxy) is 1. The third-order valence-corrected chi connectivity index (χ3v) is 4.27. The Hall–Kier alpha value is -3.62. The number of aromatic hydroxyl groups is 3. The molecule has 2 aromatic carbocycles. The van der Waals surface area contributed by atoms with E-state index >= 15 is 0 Å². The molecule has 1 aromatic heterocycles. The zero-order valence-electron chi connectivity index (χ0n) is 15.9. The van der Waals surface area contributed by atoms with E-state index < -0.39 is 29.0 Å². The van der Waals surface area contributed by atoms with Gasteiger partial charge in [0.05, 0.1) is 0 Å². The predicted octanol–water partition coefficient (Wildman–Crippen LogP) is 4.98. The number of phenolic OH excluding ortho intramolecular Hbond substituents is 2. The number of halogens is 3.